The fourth-order valence-corrected chi connectivity index (χ4v) is 3.27. The molecule has 3 aromatic rings. The van der Waals surface area contributed by atoms with Crippen LogP contribution in [0.15, 0.2) is 48.5 Å². The Morgan fingerprint density at radius 3 is 2.52 bits per heavy atom. The van der Waals surface area contributed by atoms with E-state index in [0.717, 1.165) is 29.3 Å². The van der Waals surface area contributed by atoms with Gasteiger partial charge in [0.25, 0.3) is 5.91 Å². The number of aryl methyl sites for hydroxylation is 2. The summed E-state index contributed by atoms with van der Waals surface area (Å²) in [5.74, 6) is -0.103. The Morgan fingerprint density at radius 2 is 1.81 bits per heavy atom. The van der Waals surface area contributed by atoms with Gasteiger partial charge in [-0.1, -0.05) is 42.0 Å². The van der Waals surface area contributed by atoms with Crippen LogP contribution in [0.4, 0.5) is 0 Å². The molecule has 5 nitrogen and oxygen atoms in total. The van der Waals surface area contributed by atoms with Crippen LogP contribution in [0.5, 0.6) is 0 Å². The van der Waals surface area contributed by atoms with E-state index in [-0.39, 0.29) is 11.9 Å². The van der Waals surface area contributed by atoms with Gasteiger partial charge in [-0.15, -0.1) is 0 Å². The lowest BCUT2D eigenvalue weighted by molar-refractivity contribution is 0.0943. The average molecular weight is 364 g/mol. The molecule has 1 atom stereocenters. The highest BCUT2D eigenvalue weighted by Crippen LogP contribution is 2.26. The zero-order valence-corrected chi connectivity index (χ0v) is 16.0. The van der Waals surface area contributed by atoms with Crippen LogP contribution in [0.1, 0.15) is 28.9 Å². The summed E-state index contributed by atoms with van der Waals surface area (Å²) in [5.41, 5.74) is 16.7. The maximum atomic E-state index is 12.6. The number of carbonyl (C=O) groups is 1. The van der Waals surface area contributed by atoms with Crippen molar-refractivity contribution < 1.29 is 4.79 Å². The van der Waals surface area contributed by atoms with Gasteiger partial charge in [0.1, 0.15) is 5.69 Å². The number of nitrogens with zero attached hydrogens (tertiary/aromatic N) is 1. The molecule has 0 saturated heterocycles. The average Bonchev–Trinajstić information content (AvgIpc) is 3.01. The largest absolute Gasteiger partial charge is 0.349 e. The summed E-state index contributed by atoms with van der Waals surface area (Å²) in [6.07, 6.45) is 1.68. The molecule has 0 unspecified atom stereocenters. The number of hydrogen-bond acceptors (Lipinski definition) is 3. The predicted molar refractivity (Wildman–Crippen MR) is 112 cm³/mol. The summed E-state index contributed by atoms with van der Waals surface area (Å²) in [7, 11) is 1.92. The molecular weight excluding hydrogens is 336 g/mol. The monoisotopic (exact) mass is 364 g/mol. The van der Waals surface area contributed by atoms with Gasteiger partial charge in [0.2, 0.25) is 0 Å². The van der Waals surface area contributed by atoms with Gasteiger partial charge in [-0.3, -0.25) is 4.79 Å². The second-order valence-corrected chi connectivity index (χ2v) is 7.13. The first-order valence-electron chi connectivity index (χ1n) is 9.40. The first kappa shape index (κ1) is 19.1. The first-order valence-corrected chi connectivity index (χ1v) is 9.40. The zero-order chi connectivity index (χ0) is 19.4. The number of hydrogen-bond donors (Lipinski definition) is 3. The second-order valence-electron chi connectivity index (χ2n) is 7.13. The van der Waals surface area contributed by atoms with Crippen molar-refractivity contribution in [1.29, 1.82) is 0 Å². The van der Waals surface area contributed by atoms with Crippen molar-refractivity contribution in [3.05, 3.63) is 59.8 Å². The molecule has 27 heavy (non-hydrogen) atoms. The highest BCUT2D eigenvalue weighted by atomic mass is 16.1. The number of nitrogens with two attached hydrogens (primary N) is 2. The molecule has 1 aromatic heterocycles. The second kappa shape index (κ2) is 8.37. The van der Waals surface area contributed by atoms with Crippen molar-refractivity contribution in [1.82, 2.24) is 9.88 Å². The minimum Gasteiger partial charge on any atom is -0.349 e. The molecule has 1 heterocycles. The Kier molecular flexibility index (Phi) is 5.94. The molecule has 5 N–H and O–H groups in total. The van der Waals surface area contributed by atoms with Gasteiger partial charge in [0, 0.05) is 30.5 Å². The van der Waals surface area contributed by atoms with Gasteiger partial charge in [0.15, 0.2) is 0 Å². The lowest BCUT2D eigenvalue weighted by atomic mass is 10.0. The fraction of sp³-hybridized carbons (Fsp3) is 0.318. The molecule has 142 valence electrons. The zero-order valence-electron chi connectivity index (χ0n) is 16.0. The molecule has 5 heteroatoms. The van der Waals surface area contributed by atoms with E-state index in [2.05, 4.69) is 54.7 Å². The lowest BCUT2D eigenvalue weighted by Crippen LogP contribution is -2.38. The number of aromatic nitrogens is 1. The Hall–Kier alpha value is -2.63. The van der Waals surface area contributed by atoms with Gasteiger partial charge in [-0.2, -0.15) is 0 Å². The Bertz CT molecular complexity index is 927. The number of rotatable bonds is 7. The Morgan fingerprint density at radius 1 is 1.11 bits per heavy atom. The van der Waals surface area contributed by atoms with E-state index in [1.807, 2.05) is 17.7 Å². The summed E-state index contributed by atoms with van der Waals surface area (Å²) < 4.78 is 1.94. The molecule has 0 radical (unpaired) electrons. The van der Waals surface area contributed by atoms with E-state index in [0.29, 0.717) is 18.8 Å². The molecule has 0 spiro atoms. The van der Waals surface area contributed by atoms with E-state index >= 15 is 0 Å². The van der Waals surface area contributed by atoms with Gasteiger partial charge in [0.05, 0.1) is 0 Å². The smallest absolute Gasteiger partial charge is 0.267 e. The standard InChI is InChI=1S/C22H28N4O/c1-15-5-7-16(8-6-15)17-9-10-18-13-21(26(2)20(18)12-17)22(27)25-14-19(24)4-3-11-23/h5-10,12-13,19H,3-4,11,14,23-24H2,1-2H3,(H,25,27)/t19-/m0/s1. The van der Waals surface area contributed by atoms with Crippen LogP contribution in [0, 0.1) is 6.92 Å². The number of fused-ring (bicyclic) bond motifs is 1. The van der Waals surface area contributed by atoms with E-state index in [4.69, 9.17) is 11.5 Å². The third-order valence-electron chi connectivity index (χ3n) is 4.97. The van der Waals surface area contributed by atoms with Gasteiger partial charge in [-0.25, -0.2) is 0 Å². The number of carbonyl (C=O) groups excluding carboxylic acids is 1. The molecule has 0 saturated carbocycles. The van der Waals surface area contributed by atoms with Crippen LogP contribution in [-0.4, -0.2) is 29.6 Å². The van der Waals surface area contributed by atoms with Crippen molar-refractivity contribution in [3.8, 4) is 11.1 Å². The van der Waals surface area contributed by atoms with Crippen LogP contribution in [0.2, 0.25) is 0 Å². The van der Waals surface area contributed by atoms with Crippen LogP contribution >= 0.6 is 0 Å². The van der Waals surface area contributed by atoms with Crippen molar-refractivity contribution in [2.24, 2.45) is 18.5 Å². The summed E-state index contributed by atoms with van der Waals surface area (Å²) in [6.45, 7) is 3.15. The van der Waals surface area contributed by atoms with E-state index in [9.17, 15) is 4.79 Å². The molecule has 0 bridgehead atoms. The van der Waals surface area contributed by atoms with Gasteiger partial charge >= 0.3 is 0 Å². The Balaban J connectivity index is 1.80. The van der Waals surface area contributed by atoms with Crippen molar-refractivity contribution in [3.63, 3.8) is 0 Å². The molecule has 1 amide bonds. The van der Waals surface area contributed by atoms with Crippen molar-refractivity contribution in [2.75, 3.05) is 13.1 Å². The highest BCUT2D eigenvalue weighted by molar-refractivity contribution is 5.99. The summed E-state index contributed by atoms with van der Waals surface area (Å²) >= 11 is 0. The number of amides is 1. The summed E-state index contributed by atoms with van der Waals surface area (Å²) in [5, 5.41) is 3.98. The number of benzene rings is 2. The van der Waals surface area contributed by atoms with Crippen molar-refractivity contribution >= 4 is 16.8 Å². The van der Waals surface area contributed by atoms with Crippen molar-refractivity contribution in [2.45, 2.75) is 25.8 Å². The molecule has 2 aromatic carbocycles. The van der Waals surface area contributed by atoms with Gasteiger partial charge in [-0.05, 0) is 49.6 Å². The summed E-state index contributed by atoms with van der Waals surface area (Å²) in [6, 6.07) is 16.6. The molecule has 0 aliphatic rings. The minimum atomic E-state index is -0.103. The molecular formula is C22H28N4O. The van der Waals surface area contributed by atoms with Crippen LogP contribution in [0.25, 0.3) is 22.0 Å². The van der Waals surface area contributed by atoms with Crippen LogP contribution in [-0.2, 0) is 7.05 Å². The summed E-state index contributed by atoms with van der Waals surface area (Å²) in [4.78, 5) is 12.6. The van der Waals surface area contributed by atoms with Crippen LogP contribution in [0.3, 0.4) is 0 Å². The maximum absolute atomic E-state index is 12.6. The quantitative estimate of drug-likeness (QED) is 0.602. The third kappa shape index (κ3) is 4.38. The molecule has 3 rings (SSSR count). The first-order chi connectivity index (χ1) is 13.0. The van der Waals surface area contributed by atoms with E-state index in [1.165, 1.54) is 11.1 Å². The fourth-order valence-electron chi connectivity index (χ4n) is 3.27. The van der Waals surface area contributed by atoms with Gasteiger partial charge < -0.3 is 21.4 Å². The van der Waals surface area contributed by atoms with E-state index < -0.39 is 0 Å². The lowest BCUT2D eigenvalue weighted by Gasteiger charge is -2.12. The van der Waals surface area contributed by atoms with E-state index in [1.54, 1.807) is 0 Å². The SMILES string of the molecule is Cc1ccc(-c2ccc3cc(C(=O)NC[C@@H](N)CCCN)n(C)c3c2)cc1. The topological polar surface area (TPSA) is 86.1 Å². The molecule has 0 fully saturated rings. The van der Waals surface area contributed by atoms with Crippen LogP contribution < -0.4 is 16.8 Å². The number of nitrogens with one attached hydrogen (secondary N) is 1. The normalized spacial score (nSPS) is 12.3. The predicted octanol–water partition coefficient (Wildman–Crippen LogP) is 2.95. The Labute approximate surface area is 160 Å². The highest BCUT2D eigenvalue weighted by Gasteiger charge is 2.15. The minimum absolute atomic E-state index is 0.0691. The molecule has 0 aliphatic heterocycles. The molecule has 0 aliphatic carbocycles. The third-order valence-corrected chi connectivity index (χ3v) is 4.97. The maximum Gasteiger partial charge on any atom is 0.267 e.